The Morgan fingerprint density at radius 3 is 2.91 bits per heavy atom. The molecule has 1 aliphatic heterocycles. The normalized spacial score (nSPS) is 20.7. The molecule has 13 nitrogen and oxygen atoms in total. The minimum absolute atomic E-state index is 0.114. The molecular formula is C30H36N10O3S. The highest BCUT2D eigenvalue weighted by molar-refractivity contribution is 7.16. The number of likely N-dealkylation sites (tertiary alicyclic amines) is 1. The molecule has 0 amide bonds. The van der Waals surface area contributed by atoms with E-state index >= 15 is 0 Å². The number of anilines is 2. The van der Waals surface area contributed by atoms with Gasteiger partial charge >= 0.3 is 0 Å². The van der Waals surface area contributed by atoms with Gasteiger partial charge in [-0.1, -0.05) is 5.16 Å². The summed E-state index contributed by atoms with van der Waals surface area (Å²) in [5.41, 5.74) is 7.67. The van der Waals surface area contributed by atoms with Gasteiger partial charge in [-0.25, -0.2) is 9.67 Å². The van der Waals surface area contributed by atoms with Crippen molar-refractivity contribution in [2.75, 3.05) is 31.2 Å². The number of aryl methyl sites for hydroxylation is 2. The maximum atomic E-state index is 12.6. The Morgan fingerprint density at radius 1 is 1.34 bits per heavy atom. The van der Waals surface area contributed by atoms with Crippen LogP contribution in [-0.4, -0.2) is 73.0 Å². The van der Waals surface area contributed by atoms with Crippen molar-refractivity contribution in [3.63, 3.8) is 0 Å². The van der Waals surface area contributed by atoms with Crippen LogP contribution in [-0.2, 0) is 11.8 Å². The van der Waals surface area contributed by atoms with E-state index in [4.69, 9.17) is 20.0 Å². The number of hydrogen-bond acceptors (Lipinski definition) is 13. The summed E-state index contributed by atoms with van der Waals surface area (Å²) < 4.78 is 13.5. The van der Waals surface area contributed by atoms with E-state index in [0.29, 0.717) is 34.7 Å². The van der Waals surface area contributed by atoms with Crippen LogP contribution in [0.3, 0.4) is 0 Å². The first kappa shape index (κ1) is 29.7. The third-order valence-electron chi connectivity index (χ3n) is 8.60. The number of aromatic nitrogens is 6. The van der Waals surface area contributed by atoms with E-state index in [0.717, 1.165) is 54.8 Å². The summed E-state index contributed by atoms with van der Waals surface area (Å²) in [5.74, 6) is 1.52. The van der Waals surface area contributed by atoms with E-state index < -0.39 is 5.41 Å². The first-order valence-electron chi connectivity index (χ1n) is 14.9. The summed E-state index contributed by atoms with van der Waals surface area (Å²) in [7, 11) is 2.10. The summed E-state index contributed by atoms with van der Waals surface area (Å²) >= 11 is 1.45. The Kier molecular flexibility index (Phi) is 8.08. The van der Waals surface area contributed by atoms with E-state index in [1.54, 1.807) is 18.3 Å². The van der Waals surface area contributed by atoms with Crippen LogP contribution in [0.4, 0.5) is 10.8 Å². The zero-order chi connectivity index (χ0) is 31.0. The zero-order valence-electron chi connectivity index (χ0n) is 25.3. The fourth-order valence-corrected chi connectivity index (χ4v) is 7.48. The lowest BCUT2D eigenvalue weighted by Crippen LogP contribution is -2.38. The predicted octanol–water partition coefficient (Wildman–Crippen LogP) is 4.19. The van der Waals surface area contributed by atoms with Crippen LogP contribution >= 0.6 is 11.3 Å². The van der Waals surface area contributed by atoms with Crippen LogP contribution in [0.1, 0.15) is 78.3 Å². The topological polar surface area (TPSA) is 174 Å². The summed E-state index contributed by atoms with van der Waals surface area (Å²) in [6, 6.07) is 6.06. The van der Waals surface area contributed by atoms with Gasteiger partial charge in [-0.15, -0.1) is 11.3 Å². The number of fused-ring (bicyclic) bond motifs is 1. The van der Waals surface area contributed by atoms with E-state index in [2.05, 4.69) is 43.6 Å². The minimum Gasteiger partial charge on any atom is -0.473 e. The van der Waals surface area contributed by atoms with E-state index in [9.17, 15) is 10.1 Å². The predicted molar refractivity (Wildman–Crippen MR) is 165 cm³/mol. The zero-order valence-corrected chi connectivity index (χ0v) is 26.1. The number of carbonyl (C=O) groups is 1. The summed E-state index contributed by atoms with van der Waals surface area (Å²) in [4.78, 5) is 30.0. The molecule has 3 atom stereocenters. The maximum Gasteiger partial charge on any atom is 0.248 e. The van der Waals surface area contributed by atoms with Gasteiger partial charge < -0.3 is 20.3 Å². The summed E-state index contributed by atoms with van der Waals surface area (Å²) in [6.07, 6.45) is 6.41. The average molecular weight is 617 g/mol. The average Bonchev–Trinajstić information content (AvgIpc) is 3.80. The molecule has 6 rings (SSSR count). The molecule has 0 radical (unpaired) electrons. The molecule has 1 aliphatic carbocycles. The molecule has 1 fully saturated rings. The van der Waals surface area contributed by atoms with Crippen molar-refractivity contribution >= 4 is 28.1 Å². The quantitative estimate of drug-likeness (QED) is 0.275. The van der Waals surface area contributed by atoms with Gasteiger partial charge in [-0.3, -0.25) is 9.69 Å². The number of carbonyl (C=O) groups excluding carboxylic acids is 1. The van der Waals surface area contributed by atoms with Crippen molar-refractivity contribution in [3.05, 3.63) is 45.9 Å². The highest BCUT2D eigenvalue weighted by Crippen LogP contribution is 2.48. The van der Waals surface area contributed by atoms with Gasteiger partial charge in [0.1, 0.15) is 23.0 Å². The third kappa shape index (κ3) is 5.65. The van der Waals surface area contributed by atoms with Gasteiger partial charge in [0.15, 0.2) is 0 Å². The van der Waals surface area contributed by atoms with Gasteiger partial charge in [0.25, 0.3) is 0 Å². The van der Waals surface area contributed by atoms with Crippen molar-refractivity contribution in [2.24, 2.45) is 0 Å². The fourth-order valence-electron chi connectivity index (χ4n) is 6.29. The Labute approximate surface area is 259 Å². The molecule has 4 aromatic heterocycles. The number of ether oxygens (including phenoxy) is 1. The largest absolute Gasteiger partial charge is 0.473 e. The number of nitrogens with one attached hydrogen (secondary N) is 1. The fraction of sp³-hybridized carbons (Fsp3) is 0.500. The van der Waals surface area contributed by atoms with Gasteiger partial charge in [0, 0.05) is 41.7 Å². The number of nitriles is 1. The molecule has 0 spiro atoms. The standard InChI is InChI=1S/C30H36N10O3S/c1-17-10-14-40(37-17)24(41)9-12-33-22-15-23(42-18(2)20-7-6-13-39(20)4)35-27(34-22)28-36-29(43-38-28)30(3)11-5-8-21-25(30)19(16-31)26(32)44-21/h10,14-15,18,20H,5-9,11-13,32H2,1-4H3,(H,33,34,35)/t18-,20-,30-/m0/s1. The molecule has 0 bridgehead atoms. The van der Waals surface area contributed by atoms with Crippen LogP contribution in [0.25, 0.3) is 11.6 Å². The molecule has 14 heteroatoms. The number of nitrogens with two attached hydrogens (primary N) is 1. The van der Waals surface area contributed by atoms with Crippen molar-refractivity contribution in [1.82, 2.24) is 34.8 Å². The lowest BCUT2D eigenvalue weighted by Gasteiger charge is -2.30. The molecule has 230 valence electrons. The Morgan fingerprint density at radius 2 is 2.18 bits per heavy atom. The first-order chi connectivity index (χ1) is 21.2. The van der Waals surface area contributed by atoms with Crippen molar-refractivity contribution in [3.8, 4) is 23.6 Å². The second-order valence-corrected chi connectivity index (χ2v) is 12.9. The number of rotatable bonds is 9. The highest BCUT2D eigenvalue weighted by Gasteiger charge is 2.43. The molecule has 0 unspecified atom stereocenters. The van der Waals surface area contributed by atoms with Gasteiger partial charge in [0.2, 0.25) is 29.3 Å². The van der Waals surface area contributed by atoms with Crippen LogP contribution in [0.5, 0.6) is 5.88 Å². The molecule has 1 saturated heterocycles. The number of likely N-dealkylation sites (N-methyl/N-ethyl adjacent to an activating group) is 1. The summed E-state index contributed by atoms with van der Waals surface area (Å²) in [5, 5.41) is 22.1. The molecule has 44 heavy (non-hydrogen) atoms. The third-order valence-corrected chi connectivity index (χ3v) is 9.68. The molecular weight excluding hydrogens is 580 g/mol. The molecule has 0 aromatic carbocycles. The Bertz CT molecular complexity index is 1720. The molecule has 2 aliphatic rings. The number of thiophene rings is 1. The monoisotopic (exact) mass is 616 g/mol. The second-order valence-electron chi connectivity index (χ2n) is 11.8. The number of nitrogens with zero attached hydrogens (tertiary/aromatic N) is 8. The lowest BCUT2D eigenvalue weighted by molar-refractivity contribution is 0.0891. The lowest BCUT2D eigenvalue weighted by atomic mass is 9.72. The Hall–Kier alpha value is -4.35. The second kappa shape index (κ2) is 12.0. The molecule has 0 saturated carbocycles. The SMILES string of the molecule is Cc1ccn(C(=O)CCNc2cc(O[C@@H](C)[C@@H]3CCCN3C)nc(-c3noc([C@@]4(C)CCCc5sc(N)c(C#N)c54)n3)n2)n1. The first-order valence-corrected chi connectivity index (χ1v) is 15.7. The molecule has 3 N–H and O–H groups in total. The highest BCUT2D eigenvalue weighted by atomic mass is 32.1. The number of nitrogen functional groups attached to an aromatic ring is 1. The van der Waals surface area contributed by atoms with Gasteiger partial charge in [0.05, 0.1) is 16.7 Å². The van der Waals surface area contributed by atoms with E-state index in [1.165, 1.54) is 16.0 Å². The smallest absolute Gasteiger partial charge is 0.248 e. The van der Waals surface area contributed by atoms with E-state index in [-0.39, 0.29) is 36.1 Å². The van der Waals surface area contributed by atoms with Crippen LogP contribution in [0.15, 0.2) is 22.9 Å². The Balaban J connectivity index is 1.28. The van der Waals surface area contributed by atoms with Crippen molar-refractivity contribution < 1.29 is 14.1 Å². The molecule has 5 heterocycles. The minimum atomic E-state index is -0.667. The summed E-state index contributed by atoms with van der Waals surface area (Å²) in [6.45, 7) is 7.24. The maximum absolute atomic E-state index is 12.6. The van der Waals surface area contributed by atoms with Gasteiger partial charge in [-0.05, 0) is 72.5 Å². The van der Waals surface area contributed by atoms with Crippen LogP contribution in [0, 0.1) is 18.3 Å². The number of hydrogen-bond donors (Lipinski definition) is 2. The van der Waals surface area contributed by atoms with Crippen LogP contribution < -0.4 is 15.8 Å². The molecule has 4 aromatic rings. The van der Waals surface area contributed by atoms with E-state index in [1.807, 2.05) is 20.8 Å². The van der Waals surface area contributed by atoms with Gasteiger partial charge in [-0.2, -0.15) is 20.3 Å². The van der Waals surface area contributed by atoms with Crippen molar-refractivity contribution in [2.45, 2.75) is 76.9 Å². The van der Waals surface area contributed by atoms with Crippen molar-refractivity contribution in [1.29, 1.82) is 5.26 Å². The van der Waals surface area contributed by atoms with Crippen LogP contribution in [0.2, 0.25) is 0 Å².